The van der Waals surface area contributed by atoms with Crippen LogP contribution in [0.15, 0.2) is 66.3 Å². The van der Waals surface area contributed by atoms with Gasteiger partial charge in [0.15, 0.2) is 12.4 Å². The number of carbonyl (C=O) groups excluding carboxylic acids is 1. The predicted molar refractivity (Wildman–Crippen MR) is 142 cm³/mol. The fourth-order valence-corrected chi connectivity index (χ4v) is 3.25. The van der Waals surface area contributed by atoms with Crippen LogP contribution in [0.1, 0.15) is 74.4 Å². The van der Waals surface area contributed by atoms with Crippen molar-refractivity contribution in [3.63, 3.8) is 0 Å². The van der Waals surface area contributed by atoms with Gasteiger partial charge in [-0.05, 0) is 62.1 Å². The molecule has 2 aromatic rings. The second-order valence-electron chi connectivity index (χ2n) is 8.55. The SMILES string of the molecule is CCCCCC/C=C/c1ccc(/C=C/C(=O)c2ccc(OCC=C(C)C)cc2OCC(=O)O)cc1. The maximum atomic E-state index is 12.8. The molecule has 0 spiro atoms. The lowest BCUT2D eigenvalue weighted by Gasteiger charge is -2.11. The summed E-state index contributed by atoms with van der Waals surface area (Å²) in [5, 5.41) is 8.99. The van der Waals surface area contributed by atoms with Crippen molar-refractivity contribution in [2.45, 2.75) is 52.9 Å². The van der Waals surface area contributed by atoms with Crippen LogP contribution in [0.4, 0.5) is 0 Å². The number of hydrogen-bond donors (Lipinski definition) is 1. The van der Waals surface area contributed by atoms with Gasteiger partial charge in [-0.15, -0.1) is 0 Å². The molecular weight excluding hydrogens is 440 g/mol. The van der Waals surface area contributed by atoms with Crippen LogP contribution in [-0.2, 0) is 4.79 Å². The molecule has 5 heteroatoms. The number of ether oxygens (including phenoxy) is 2. The van der Waals surface area contributed by atoms with Crippen molar-refractivity contribution in [2.75, 3.05) is 13.2 Å². The molecule has 0 atom stereocenters. The molecule has 0 aliphatic rings. The fourth-order valence-electron chi connectivity index (χ4n) is 3.25. The van der Waals surface area contributed by atoms with Crippen LogP contribution < -0.4 is 9.47 Å². The summed E-state index contributed by atoms with van der Waals surface area (Å²) in [6.45, 7) is 5.98. The zero-order valence-electron chi connectivity index (χ0n) is 21.0. The molecule has 0 unspecified atom stereocenters. The minimum Gasteiger partial charge on any atom is -0.489 e. The number of hydrogen-bond acceptors (Lipinski definition) is 4. The Kier molecular flexibility index (Phi) is 12.1. The van der Waals surface area contributed by atoms with Crippen molar-refractivity contribution >= 4 is 23.9 Å². The lowest BCUT2D eigenvalue weighted by atomic mass is 10.1. The van der Waals surface area contributed by atoms with Crippen molar-refractivity contribution in [3.05, 3.63) is 83.0 Å². The Bertz CT molecular complexity index is 1040. The first-order chi connectivity index (χ1) is 16.9. The molecule has 0 aromatic heterocycles. The van der Waals surface area contributed by atoms with Gasteiger partial charge in [0.1, 0.15) is 18.1 Å². The molecule has 5 nitrogen and oxygen atoms in total. The summed E-state index contributed by atoms with van der Waals surface area (Å²) in [6, 6.07) is 12.8. The first-order valence-corrected chi connectivity index (χ1v) is 12.1. The molecule has 0 amide bonds. The van der Waals surface area contributed by atoms with E-state index in [0.717, 1.165) is 23.1 Å². The average molecular weight is 477 g/mol. The van der Waals surface area contributed by atoms with Crippen LogP contribution in [0.25, 0.3) is 12.2 Å². The summed E-state index contributed by atoms with van der Waals surface area (Å²) in [4.78, 5) is 23.8. The minimum atomic E-state index is -1.12. The highest BCUT2D eigenvalue weighted by Crippen LogP contribution is 2.26. The van der Waals surface area contributed by atoms with Crippen molar-refractivity contribution in [2.24, 2.45) is 0 Å². The standard InChI is InChI=1S/C30H36O5/c1-4-5-6-7-8-9-10-24-11-13-25(14-12-24)15-18-28(31)27-17-16-26(34-20-19-23(2)3)21-29(27)35-22-30(32)33/h9-19,21H,4-8,20,22H2,1-3H3,(H,32,33)/b10-9+,18-15+. The maximum Gasteiger partial charge on any atom is 0.341 e. The van der Waals surface area contributed by atoms with Crippen molar-refractivity contribution in [3.8, 4) is 11.5 Å². The van der Waals surface area contributed by atoms with Crippen molar-refractivity contribution < 1.29 is 24.2 Å². The average Bonchev–Trinajstić information content (AvgIpc) is 2.84. The summed E-state index contributed by atoms with van der Waals surface area (Å²) in [6.07, 6.45) is 15.6. The van der Waals surface area contributed by atoms with Gasteiger partial charge in [-0.2, -0.15) is 0 Å². The highest BCUT2D eigenvalue weighted by molar-refractivity contribution is 6.08. The predicted octanol–water partition coefficient (Wildman–Crippen LogP) is 7.37. The van der Waals surface area contributed by atoms with E-state index in [1.807, 2.05) is 44.2 Å². The zero-order chi connectivity index (χ0) is 25.5. The number of carboxylic acids is 1. The van der Waals surface area contributed by atoms with Crippen LogP contribution in [0.2, 0.25) is 0 Å². The third-order valence-electron chi connectivity index (χ3n) is 5.21. The molecular formula is C30H36O5. The normalized spacial score (nSPS) is 11.1. The Morgan fingerprint density at radius 1 is 0.914 bits per heavy atom. The number of allylic oxidation sites excluding steroid dienone is 3. The Labute approximate surface area is 208 Å². The van der Waals surface area contributed by atoms with E-state index >= 15 is 0 Å². The smallest absolute Gasteiger partial charge is 0.341 e. The highest BCUT2D eigenvalue weighted by atomic mass is 16.5. The molecule has 0 bridgehead atoms. The first kappa shape index (κ1) is 27.6. The van der Waals surface area contributed by atoms with Crippen LogP contribution in [0.3, 0.4) is 0 Å². The van der Waals surface area contributed by atoms with Crippen LogP contribution in [0, 0.1) is 0 Å². The molecule has 2 rings (SSSR count). The van der Waals surface area contributed by atoms with Gasteiger partial charge in [0.25, 0.3) is 0 Å². The third-order valence-corrected chi connectivity index (χ3v) is 5.21. The molecule has 0 saturated heterocycles. The molecule has 0 fully saturated rings. The second-order valence-corrected chi connectivity index (χ2v) is 8.55. The summed E-state index contributed by atoms with van der Waals surface area (Å²) < 4.78 is 11.0. The molecule has 0 radical (unpaired) electrons. The van der Waals surface area contributed by atoms with E-state index in [1.165, 1.54) is 31.8 Å². The van der Waals surface area contributed by atoms with E-state index in [-0.39, 0.29) is 17.1 Å². The monoisotopic (exact) mass is 476 g/mol. The molecule has 0 saturated carbocycles. The number of ketones is 1. The Morgan fingerprint density at radius 2 is 1.63 bits per heavy atom. The highest BCUT2D eigenvalue weighted by Gasteiger charge is 2.13. The van der Waals surface area contributed by atoms with Gasteiger partial charge in [-0.25, -0.2) is 4.79 Å². The lowest BCUT2D eigenvalue weighted by molar-refractivity contribution is -0.139. The Morgan fingerprint density at radius 3 is 2.29 bits per heavy atom. The number of aliphatic carboxylic acids is 1. The van der Waals surface area contributed by atoms with E-state index in [2.05, 4.69) is 19.1 Å². The van der Waals surface area contributed by atoms with E-state index in [9.17, 15) is 9.59 Å². The number of rotatable bonds is 15. The Hall–Kier alpha value is -3.60. The maximum absolute atomic E-state index is 12.8. The van der Waals surface area contributed by atoms with Crippen molar-refractivity contribution in [1.82, 2.24) is 0 Å². The molecule has 0 aliphatic heterocycles. The van der Waals surface area contributed by atoms with E-state index < -0.39 is 12.6 Å². The number of unbranched alkanes of at least 4 members (excludes halogenated alkanes) is 4. The molecule has 2 aromatic carbocycles. The number of carbonyl (C=O) groups is 2. The van der Waals surface area contributed by atoms with E-state index in [4.69, 9.17) is 14.6 Å². The molecule has 0 aliphatic carbocycles. The van der Waals surface area contributed by atoms with Gasteiger partial charge in [0.05, 0.1) is 5.56 Å². The largest absolute Gasteiger partial charge is 0.489 e. The second kappa shape index (κ2) is 15.3. The zero-order valence-corrected chi connectivity index (χ0v) is 21.0. The van der Waals surface area contributed by atoms with Gasteiger partial charge in [0.2, 0.25) is 0 Å². The lowest BCUT2D eigenvalue weighted by Crippen LogP contribution is -2.12. The molecule has 0 heterocycles. The number of carboxylic acid groups (broad SMARTS) is 1. The van der Waals surface area contributed by atoms with E-state index in [0.29, 0.717) is 12.4 Å². The van der Waals surface area contributed by atoms with E-state index in [1.54, 1.807) is 24.3 Å². The van der Waals surface area contributed by atoms with Gasteiger partial charge in [-0.1, -0.05) is 74.3 Å². The molecule has 186 valence electrons. The van der Waals surface area contributed by atoms with Gasteiger partial charge < -0.3 is 14.6 Å². The van der Waals surface area contributed by atoms with Crippen molar-refractivity contribution in [1.29, 1.82) is 0 Å². The molecule has 35 heavy (non-hydrogen) atoms. The number of benzene rings is 2. The van der Waals surface area contributed by atoms with Gasteiger partial charge in [-0.3, -0.25) is 4.79 Å². The fraction of sp³-hybridized carbons (Fsp3) is 0.333. The Balaban J connectivity index is 2.05. The molecule has 1 N–H and O–H groups in total. The quantitative estimate of drug-likeness (QED) is 0.126. The summed E-state index contributed by atoms with van der Waals surface area (Å²) in [5.74, 6) is -0.726. The summed E-state index contributed by atoms with van der Waals surface area (Å²) in [7, 11) is 0. The topological polar surface area (TPSA) is 72.8 Å². The minimum absolute atomic E-state index is 0.177. The summed E-state index contributed by atoms with van der Waals surface area (Å²) >= 11 is 0. The van der Waals surface area contributed by atoms with Crippen LogP contribution in [0.5, 0.6) is 11.5 Å². The first-order valence-electron chi connectivity index (χ1n) is 12.1. The summed E-state index contributed by atoms with van der Waals surface area (Å²) in [5.41, 5.74) is 3.42. The third kappa shape index (κ3) is 10.9. The van der Waals surface area contributed by atoms with Crippen LogP contribution in [-0.4, -0.2) is 30.1 Å². The van der Waals surface area contributed by atoms with Gasteiger partial charge in [0, 0.05) is 6.07 Å². The van der Waals surface area contributed by atoms with Gasteiger partial charge >= 0.3 is 5.97 Å². The van der Waals surface area contributed by atoms with Crippen LogP contribution >= 0.6 is 0 Å².